The topological polar surface area (TPSA) is 94.5 Å². The van der Waals surface area contributed by atoms with E-state index in [9.17, 15) is 0 Å². The fourth-order valence-corrected chi connectivity index (χ4v) is 0. The number of hydrogen-bond acceptors (Lipinski definition) is 0. The minimum atomic E-state index is 0. The first-order chi connectivity index (χ1) is 0. The zero-order valence-corrected chi connectivity index (χ0v) is 12.4. The second-order valence-corrected chi connectivity index (χ2v) is 0. The normalized spacial score (nSPS) is 0. The molecular weight excluding hydrogens is 468 g/mol. The summed E-state index contributed by atoms with van der Waals surface area (Å²) in [5, 5.41) is 0. The van der Waals surface area contributed by atoms with Crippen molar-refractivity contribution in [3.8, 4) is 0 Å². The molecule has 6 heteroatoms. The summed E-state index contributed by atoms with van der Waals surface area (Å²) in [5.41, 5.74) is 0. The Morgan fingerprint density at radius 1 is 0.333 bits per heavy atom. The van der Waals surface area contributed by atoms with E-state index in [1.54, 1.807) is 0 Å². The molecule has 3 nitrogen and oxygen atoms in total. The predicted molar refractivity (Wildman–Crippen MR) is 10.8 cm³/mol. The Kier molecular flexibility index (Phi) is 303. The van der Waals surface area contributed by atoms with Gasteiger partial charge in [0.05, 0.1) is 0 Å². The summed E-state index contributed by atoms with van der Waals surface area (Å²) >= 11 is 0. The minimum Gasteiger partial charge on any atom is -0.412 e. The molecule has 0 bridgehead atoms. The molecule has 0 aliphatic carbocycles. The van der Waals surface area contributed by atoms with Crippen molar-refractivity contribution in [3.05, 3.63) is 0 Å². The fraction of sp³-hybridized carbons (Fsp3) is 0. The molecule has 0 radical (unpaired) electrons. The molecule has 0 aromatic rings. The van der Waals surface area contributed by atoms with Crippen LogP contribution in [0.2, 0.25) is 0 Å². The molecule has 0 aromatic heterocycles. The van der Waals surface area contributed by atoms with Crippen LogP contribution in [0.4, 0.5) is 0 Å². The van der Waals surface area contributed by atoms with Gasteiger partial charge < -0.3 is 16.4 Å². The average Bonchev–Trinajstić information content (AvgIpc) is 0. The molecule has 36 valence electrons. The van der Waals surface area contributed by atoms with Gasteiger partial charge in [-0.1, -0.05) is 0 Å². The molecule has 0 unspecified atom stereocenters. The van der Waals surface area contributed by atoms with Crippen LogP contribution in [-0.4, -0.2) is 16.4 Å². The first-order valence-electron chi connectivity index (χ1n) is 0. The first-order valence-corrected chi connectivity index (χ1v) is 0. The van der Waals surface area contributed by atoms with Crippen LogP contribution in [0.1, 0.15) is 0 Å². The molecule has 0 atom stereocenters. The first kappa shape index (κ1) is 50.5. The smallest absolute Gasteiger partial charge is 0 e. The third-order valence-corrected chi connectivity index (χ3v) is 0. The number of hydrogen-bond donors (Lipinski definition) is 0. The van der Waals surface area contributed by atoms with Gasteiger partial charge in [-0.15, -0.1) is 0 Å². The summed E-state index contributed by atoms with van der Waals surface area (Å²) in [4.78, 5) is 0. The summed E-state index contributed by atoms with van der Waals surface area (Å²) in [5.74, 6) is 0. The quantitative estimate of drug-likeness (QED) is 0.372. The summed E-state index contributed by atoms with van der Waals surface area (Å²) in [6.07, 6.45) is 0. The Labute approximate surface area is 137 Å². The second-order valence-electron chi connectivity index (χ2n) is 0. The Bertz CT molecular complexity index is 6.00. The molecule has 0 aliphatic heterocycles. The standard InChI is InChI=1S/3Ce.3H2O/h;;;3*1H2. The molecule has 0 rings (SSSR count). The van der Waals surface area contributed by atoms with Crippen molar-refractivity contribution >= 4 is 0 Å². The molecule has 0 saturated heterocycles. The van der Waals surface area contributed by atoms with Crippen LogP contribution in [0.25, 0.3) is 0 Å². The molecule has 0 aromatic carbocycles. The summed E-state index contributed by atoms with van der Waals surface area (Å²) in [7, 11) is 0. The van der Waals surface area contributed by atoms with E-state index >= 15 is 0 Å². The zero-order chi connectivity index (χ0) is 0. The largest absolute Gasteiger partial charge is 0.412 e. The van der Waals surface area contributed by atoms with Gasteiger partial charge in [-0.3, -0.25) is 0 Å². The van der Waals surface area contributed by atoms with Gasteiger partial charge in [0.15, 0.2) is 0 Å². The predicted octanol–water partition coefficient (Wildman–Crippen LogP) is -2.47. The van der Waals surface area contributed by atoms with Gasteiger partial charge >= 0.3 is 0 Å². The molecule has 0 saturated carbocycles. The van der Waals surface area contributed by atoms with Gasteiger partial charge in [0.2, 0.25) is 0 Å². The second kappa shape index (κ2) is 36.0. The van der Waals surface area contributed by atoms with E-state index in [1.807, 2.05) is 0 Å². The van der Waals surface area contributed by atoms with Gasteiger partial charge in [-0.25, -0.2) is 0 Å². The molecule has 6 N–H and O–H groups in total. The van der Waals surface area contributed by atoms with Crippen LogP contribution in [0.3, 0.4) is 0 Å². The maximum absolute atomic E-state index is 0. The van der Waals surface area contributed by atoms with Crippen molar-refractivity contribution in [2.24, 2.45) is 0 Å². The Morgan fingerprint density at radius 2 is 0.333 bits per heavy atom. The summed E-state index contributed by atoms with van der Waals surface area (Å²) in [6, 6.07) is 0. The van der Waals surface area contributed by atoms with Gasteiger partial charge in [0.1, 0.15) is 0 Å². The van der Waals surface area contributed by atoms with E-state index in [4.69, 9.17) is 0 Å². The van der Waals surface area contributed by atoms with Crippen LogP contribution in [-0.2, 0) is 0 Å². The molecule has 0 amide bonds. The minimum absolute atomic E-state index is 0. The van der Waals surface area contributed by atoms with Crippen molar-refractivity contribution in [3.63, 3.8) is 0 Å². The van der Waals surface area contributed by atoms with Crippen molar-refractivity contribution in [1.82, 2.24) is 0 Å². The van der Waals surface area contributed by atoms with E-state index < -0.39 is 0 Å². The molecule has 6 heavy (non-hydrogen) atoms. The monoisotopic (exact) mass is 474 g/mol. The van der Waals surface area contributed by atoms with Crippen LogP contribution < -0.4 is 0 Å². The van der Waals surface area contributed by atoms with Gasteiger partial charge in [0, 0.05) is 125 Å². The average molecular weight is 474 g/mol. The van der Waals surface area contributed by atoms with Crippen molar-refractivity contribution in [2.45, 2.75) is 0 Å². The van der Waals surface area contributed by atoms with E-state index in [-0.39, 0.29) is 142 Å². The maximum atomic E-state index is 0. The van der Waals surface area contributed by atoms with E-state index in [2.05, 4.69) is 0 Å². The molecule has 0 fully saturated rings. The molecular formula is H6Ce3O3. The van der Waals surface area contributed by atoms with Crippen molar-refractivity contribution in [2.75, 3.05) is 0 Å². The zero-order valence-electron chi connectivity index (χ0n) is 3.00. The Morgan fingerprint density at radius 3 is 0.333 bits per heavy atom. The fourth-order valence-electron chi connectivity index (χ4n) is 0. The summed E-state index contributed by atoms with van der Waals surface area (Å²) < 4.78 is 0. The van der Waals surface area contributed by atoms with Crippen LogP contribution >= 0.6 is 0 Å². The van der Waals surface area contributed by atoms with Gasteiger partial charge in [-0.05, 0) is 0 Å². The van der Waals surface area contributed by atoms with E-state index in [1.165, 1.54) is 0 Å². The van der Waals surface area contributed by atoms with Crippen LogP contribution in [0.15, 0.2) is 0 Å². The molecule has 0 heterocycles. The summed E-state index contributed by atoms with van der Waals surface area (Å²) in [6.45, 7) is 0. The maximum Gasteiger partial charge on any atom is 0 e. The molecule has 0 spiro atoms. The van der Waals surface area contributed by atoms with Crippen molar-refractivity contribution in [1.29, 1.82) is 0 Å². The van der Waals surface area contributed by atoms with E-state index in [0.29, 0.717) is 0 Å². The van der Waals surface area contributed by atoms with Crippen LogP contribution in [0.5, 0.6) is 0 Å². The van der Waals surface area contributed by atoms with Gasteiger partial charge in [0.25, 0.3) is 0 Å². The van der Waals surface area contributed by atoms with Gasteiger partial charge in [-0.2, -0.15) is 0 Å². The van der Waals surface area contributed by atoms with E-state index in [0.717, 1.165) is 0 Å². The Hall–Kier alpha value is 4.01. The third-order valence-electron chi connectivity index (χ3n) is 0. The molecule has 0 aliphatic rings. The number of rotatable bonds is 0. The van der Waals surface area contributed by atoms with Crippen LogP contribution in [0, 0.1) is 125 Å². The third kappa shape index (κ3) is 24.5. The van der Waals surface area contributed by atoms with Crippen molar-refractivity contribution < 1.29 is 142 Å². The SMILES string of the molecule is O.O.O.[Ce].[Ce].[Ce]. The Balaban J connectivity index is 0.